The summed E-state index contributed by atoms with van der Waals surface area (Å²) in [7, 11) is 0. The number of hydrogen-bond donors (Lipinski definition) is 2. The molecule has 342 valence electrons. The predicted octanol–water partition coefficient (Wildman–Crippen LogP) is 14.5. The minimum atomic E-state index is -1.27. The van der Waals surface area contributed by atoms with Crippen LogP contribution in [-0.4, -0.2) is 14.6 Å². The van der Waals surface area contributed by atoms with Crippen molar-refractivity contribution >= 4 is 4.40 Å². The van der Waals surface area contributed by atoms with Gasteiger partial charge in [0.15, 0.2) is 0 Å². The van der Waals surface area contributed by atoms with Crippen molar-refractivity contribution in [1.82, 2.24) is 0 Å². The van der Waals surface area contributed by atoms with E-state index in [4.69, 9.17) is 0 Å². The van der Waals surface area contributed by atoms with Crippen LogP contribution in [0.1, 0.15) is 208 Å². The second-order valence-electron chi connectivity index (χ2n) is 27.8. The Hall–Kier alpha value is -1.60. The van der Waals surface area contributed by atoms with Gasteiger partial charge in [-0.05, 0) is 261 Å². The molecule has 0 unspecified atom stereocenters. The first-order valence-electron chi connectivity index (χ1n) is 26.9. The molecule has 18 rings (SSSR count). The summed E-state index contributed by atoms with van der Waals surface area (Å²) in [6, 6.07) is 9.64. The van der Waals surface area contributed by atoms with Crippen LogP contribution in [0.5, 0.6) is 11.5 Å². The van der Waals surface area contributed by atoms with E-state index < -0.39 is 18.1 Å². The quantitative estimate of drug-likeness (QED) is 0.321. The summed E-state index contributed by atoms with van der Waals surface area (Å²) in [6.07, 6.45) is 34.0. The zero-order chi connectivity index (χ0) is 43.3. The minimum absolute atomic E-state index is 0.187. The summed E-state index contributed by atoms with van der Waals surface area (Å²) in [5.74, 6) is 12.8. The maximum atomic E-state index is 11.8. The van der Waals surface area contributed by atoms with Gasteiger partial charge < -0.3 is 10.2 Å². The Morgan fingerprint density at radius 1 is 0.413 bits per heavy atom. The molecule has 0 aromatic heterocycles. The number of benzene rings is 2. The summed E-state index contributed by atoms with van der Waals surface area (Å²) in [4.78, 5) is 0. The van der Waals surface area contributed by atoms with Crippen LogP contribution in [-0.2, 0) is 43.1 Å². The van der Waals surface area contributed by atoms with Gasteiger partial charge >= 0.3 is 52.0 Å². The molecule has 2 aromatic rings. The van der Waals surface area contributed by atoms with E-state index >= 15 is 0 Å². The van der Waals surface area contributed by atoms with Gasteiger partial charge in [0.25, 0.3) is 0 Å². The predicted molar refractivity (Wildman–Crippen MR) is 251 cm³/mol. The second-order valence-corrected chi connectivity index (χ2v) is 29.3. The maximum absolute atomic E-state index is 11.8. The van der Waals surface area contributed by atoms with Gasteiger partial charge in [-0.1, -0.05) is 35.4 Å². The fourth-order valence-electron chi connectivity index (χ4n) is 21.1. The van der Waals surface area contributed by atoms with Gasteiger partial charge in [-0.25, -0.2) is 0 Å². The minimum Gasteiger partial charge on any atom is -0.507 e. The Morgan fingerprint density at radius 2 is 0.587 bits per heavy atom. The molecule has 16 aliphatic carbocycles. The van der Waals surface area contributed by atoms with E-state index in [-0.39, 0.29) is 5.41 Å². The van der Waals surface area contributed by atoms with Crippen LogP contribution in [0.15, 0.2) is 24.3 Å². The van der Waals surface area contributed by atoms with Crippen molar-refractivity contribution in [3.05, 3.63) is 57.6 Å². The molecule has 0 aliphatic heterocycles. The van der Waals surface area contributed by atoms with Crippen LogP contribution in [0, 0.1) is 90.3 Å². The van der Waals surface area contributed by atoms with Crippen molar-refractivity contribution in [2.75, 3.05) is 0 Å². The first kappa shape index (κ1) is 42.7. The fourth-order valence-corrected chi connectivity index (χ4v) is 22.1. The Labute approximate surface area is 389 Å². The molecule has 16 saturated carbocycles. The van der Waals surface area contributed by atoms with Crippen LogP contribution in [0.4, 0.5) is 0 Å². The van der Waals surface area contributed by atoms with E-state index in [1.807, 2.05) is 4.40 Å². The van der Waals surface area contributed by atoms with E-state index in [0.717, 1.165) is 82.5 Å². The molecule has 16 bridgehead atoms. The van der Waals surface area contributed by atoms with Crippen molar-refractivity contribution in [3.63, 3.8) is 0 Å². The molecule has 16 fully saturated rings. The van der Waals surface area contributed by atoms with Crippen molar-refractivity contribution in [2.45, 2.75) is 210 Å². The van der Waals surface area contributed by atoms with Crippen molar-refractivity contribution in [1.29, 1.82) is 0 Å². The Morgan fingerprint density at radius 3 is 0.714 bits per heavy atom. The summed E-state index contributed by atoms with van der Waals surface area (Å²) >= 11 is -1.27. The first-order valence-corrected chi connectivity index (χ1v) is 29.8. The van der Waals surface area contributed by atoms with Gasteiger partial charge in [-0.3, -0.25) is 0 Å². The van der Waals surface area contributed by atoms with E-state index in [0.29, 0.717) is 21.7 Å². The van der Waals surface area contributed by atoms with Crippen LogP contribution >= 0.6 is 0 Å². The number of rotatable bonds is 4. The molecule has 2 aromatic carbocycles. The molecule has 0 saturated heterocycles. The van der Waals surface area contributed by atoms with Gasteiger partial charge in [0.05, 0.1) is 0 Å². The molecular formula is C59H82O3W. The Bertz CT molecular complexity index is 1770. The standard InChI is InChI=1S/2C27H36O.C5H10.O.W/c2*1-16-2-23(26-10-17-4-18(11-26)6-19(5-17)12-26)25(28)24(3-16)27-13-20-7-21(14-27)9-22(8-20)15-27;1-5(2,3)4;;/h2*2-3,17-22,28H,4-15H2,1H3;1H,2-4H3;;. The van der Waals surface area contributed by atoms with Gasteiger partial charge in [-0.15, -0.1) is 0 Å². The molecule has 2 N–H and O–H groups in total. The molecule has 0 atom stereocenters. The fraction of sp³-hybridized carbons (Fsp3) is 0.780. The zero-order valence-corrected chi connectivity index (χ0v) is 42.9. The third-order valence-electron chi connectivity index (χ3n) is 21.3. The van der Waals surface area contributed by atoms with E-state index in [1.54, 1.807) is 0 Å². The smallest absolute Gasteiger partial charge is 0.123 e. The largest absolute Gasteiger partial charge is 0.507 e. The third-order valence-corrected chi connectivity index (χ3v) is 24.2. The topological polar surface area (TPSA) is 57.5 Å². The van der Waals surface area contributed by atoms with Gasteiger partial charge in [0.2, 0.25) is 0 Å². The van der Waals surface area contributed by atoms with Crippen LogP contribution in [0.2, 0.25) is 0 Å². The van der Waals surface area contributed by atoms with Crippen molar-refractivity contribution < 1.29 is 31.7 Å². The van der Waals surface area contributed by atoms with Crippen LogP contribution in [0.25, 0.3) is 0 Å². The maximum Gasteiger partial charge on any atom is 0.123 e. The molecule has 0 amide bonds. The van der Waals surface area contributed by atoms with Crippen molar-refractivity contribution in [2.24, 2.45) is 76.4 Å². The van der Waals surface area contributed by atoms with Crippen molar-refractivity contribution in [3.8, 4) is 11.5 Å². The van der Waals surface area contributed by atoms with Crippen LogP contribution in [0.3, 0.4) is 0 Å². The van der Waals surface area contributed by atoms with E-state index in [2.05, 4.69) is 58.9 Å². The molecule has 63 heavy (non-hydrogen) atoms. The molecular weight excluding hydrogens is 940 g/mol. The van der Waals surface area contributed by atoms with Gasteiger partial charge in [0.1, 0.15) is 11.5 Å². The number of aryl methyl sites for hydroxylation is 2. The number of aromatic hydroxyl groups is 2. The molecule has 16 aliphatic rings. The van der Waals surface area contributed by atoms with E-state index in [9.17, 15) is 13.6 Å². The molecule has 3 nitrogen and oxygen atoms in total. The summed E-state index contributed by atoms with van der Waals surface area (Å²) in [6.45, 7) is 10.8. The monoisotopic (exact) mass is 1020 g/mol. The number of phenolic OH excluding ortho intramolecular Hbond substituents is 2. The number of hydrogen-bond acceptors (Lipinski definition) is 3. The zero-order valence-electron chi connectivity index (χ0n) is 40.0. The third kappa shape index (κ3) is 7.44. The van der Waals surface area contributed by atoms with E-state index in [1.165, 1.54) is 187 Å². The SMILES string of the molecule is CC(C)(C)[CH]=[W]=[O].Cc1cc(C23CC4CC(CC(C4)C2)C3)c(O)c(C23CC4CC(CC(C4)C2)C3)c1.Cc1cc(C23CC4CC(CC(C4)C2)C3)c(O)c(C23CC4CC(CC(C4)C2)C3)c1. The van der Waals surface area contributed by atoms with Crippen LogP contribution < -0.4 is 0 Å². The van der Waals surface area contributed by atoms with Gasteiger partial charge in [0, 0.05) is 22.3 Å². The first-order chi connectivity index (χ1) is 30.1. The second kappa shape index (κ2) is 15.2. The molecule has 0 spiro atoms. The Kier molecular flexibility index (Phi) is 10.3. The Balaban J connectivity index is 0.000000117. The molecule has 0 heterocycles. The summed E-state index contributed by atoms with van der Waals surface area (Å²) < 4.78 is 12.0. The average Bonchev–Trinajstić information content (AvgIpc) is 3.17. The molecule has 0 radical (unpaired) electrons. The molecule has 4 heteroatoms. The van der Waals surface area contributed by atoms with Gasteiger partial charge in [-0.2, -0.15) is 0 Å². The summed E-state index contributed by atoms with van der Waals surface area (Å²) in [5, 5.41) is 23.7. The normalized spacial score (nSPS) is 46.0. The summed E-state index contributed by atoms with van der Waals surface area (Å²) in [5.41, 5.74) is 9.79. The number of phenols is 2. The average molecular weight is 1020 g/mol.